The number of hydrogen-bond acceptors (Lipinski definition) is 7. The third-order valence-corrected chi connectivity index (χ3v) is 10.2. The monoisotopic (exact) mass is 600 g/mol. The number of carboxylic acid groups (broad SMARTS) is 1. The van der Waals surface area contributed by atoms with Gasteiger partial charge in [0.05, 0.1) is 36.0 Å². The first-order valence-electron chi connectivity index (χ1n) is 15.2. The predicted octanol–water partition coefficient (Wildman–Crippen LogP) is 4.28. The quantitative estimate of drug-likeness (QED) is 0.247. The molecule has 2 aromatic rings. The van der Waals surface area contributed by atoms with Crippen LogP contribution in [-0.4, -0.2) is 58.4 Å². The Morgan fingerprint density at radius 1 is 0.977 bits per heavy atom. The average molecular weight is 601 g/mol. The third kappa shape index (κ3) is 4.50. The number of rotatable bonds is 9. The molecule has 2 aromatic carbocycles. The van der Waals surface area contributed by atoms with Crippen molar-refractivity contribution < 1.29 is 38.9 Å². The minimum absolute atomic E-state index is 0.0367. The molecular formula is C34H36N2O8. The molecule has 230 valence electrons. The van der Waals surface area contributed by atoms with Gasteiger partial charge in [-0.15, -0.1) is 0 Å². The molecule has 0 bridgehead atoms. The zero-order chi connectivity index (χ0) is 31.3. The van der Waals surface area contributed by atoms with Gasteiger partial charge in [-0.25, -0.2) is 4.90 Å². The number of nitrogens with zero attached hydrogens (tertiary/aromatic N) is 2. The Balaban J connectivity index is 1.39. The molecule has 2 aliphatic heterocycles. The Morgan fingerprint density at radius 2 is 1.73 bits per heavy atom. The number of likely N-dealkylation sites (tertiary alicyclic amines) is 1. The maximum atomic E-state index is 14.4. The Kier molecular flexibility index (Phi) is 7.55. The van der Waals surface area contributed by atoms with Gasteiger partial charge in [-0.3, -0.25) is 28.9 Å². The zero-order valence-electron chi connectivity index (χ0n) is 24.8. The van der Waals surface area contributed by atoms with Crippen molar-refractivity contribution in [1.29, 1.82) is 0 Å². The van der Waals surface area contributed by atoms with Crippen molar-refractivity contribution in [2.45, 2.75) is 51.4 Å². The normalized spacial score (nSPS) is 29.3. The summed E-state index contributed by atoms with van der Waals surface area (Å²) >= 11 is 0. The van der Waals surface area contributed by atoms with Gasteiger partial charge in [0, 0.05) is 30.5 Å². The number of benzene rings is 2. The summed E-state index contributed by atoms with van der Waals surface area (Å²) in [4.78, 5) is 69.4. The molecule has 2 saturated heterocycles. The molecule has 2 heterocycles. The van der Waals surface area contributed by atoms with Crippen LogP contribution in [0.5, 0.6) is 11.5 Å². The number of imide groups is 2. The SMILES string of the molecule is COc1ccc([C@H]2C3=CC[C@@H]4C(=O)N(CCCCCC(=O)O)C(=O)[C@@H]4[C@@H]3C[C@H]3C(=O)N(c4ccccc4)C(=O)[C@@]23C)c(O)c1. The molecule has 10 heteroatoms. The van der Waals surface area contributed by atoms with Crippen LogP contribution in [0.25, 0.3) is 0 Å². The van der Waals surface area contributed by atoms with E-state index < -0.39 is 41.0 Å². The molecule has 10 nitrogen and oxygen atoms in total. The van der Waals surface area contributed by atoms with Crippen molar-refractivity contribution in [3.8, 4) is 11.5 Å². The lowest BCUT2D eigenvalue weighted by molar-refractivity contribution is -0.141. The summed E-state index contributed by atoms with van der Waals surface area (Å²) in [7, 11) is 1.49. The van der Waals surface area contributed by atoms with E-state index in [9.17, 15) is 29.1 Å². The second-order valence-electron chi connectivity index (χ2n) is 12.5. The van der Waals surface area contributed by atoms with Crippen molar-refractivity contribution in [2.24, 2.45) is 29.1 Å². The van der Waals surface area contributed by atoms with Gasteiger partial charge in [0.1, 0.15) is 11.5 Å². The molecule has 6 rings (SSSR count). The van der Waals surface area contributed by atoms with Crippen LogP contribution in [0.2, 0.25) is 0 Å². The van der Waals surface area contributed by atoms with Gasteiger partial charge >= 0.3 is 5.97 Å². The highest BCUT2D eigenvalue weighted by Gasteiger charge is 2.67. The van der Waals surface area contributed by atoms with E-state index in [4.69, 9.17) is 9.84 Å². The first-order chi connectivity index (χ1) is 21.1. The van der Waals surface area contributed by atoms with E-state index in [0.717, 1.165) is 5.57 Å². The summed E-state index contributed by atoms with van der Waals surface area (Å²) in [5, 5.41) is 20.2. The van der Waals surface area contributed by atoms with E-state index in [0.29, 0.717) is 42.7 Å². The van der Waals surface area contributed by atoms with Crippen LogP contribution in [0, 0.1) is 29.1 Å². The number of anilines is 1. The lowest BCUT2D eigenvalue weighted by Gasteiger charge is -2.49. The summed E-state index contributed by atoms with van der Waals surface area (Å²) in [5.41, 5.74) is 0.484. The number of aromatic hydroxyl groups is 1. The van der Waals surface area contributed by atoms with Crippen molar-refractivity contribution in [3.63, 3.8) is 0 Å². The van der Waals surface area contributed by atoms with E-state index >= 15 is 0 Å². The smallest absolute Gasteiger partial charge is 0.303 e. The molecule has 0 spiro atoms. The zero-order valence-corrected chi connectivity index (χ0v) is 24.8. The van der Waals surface area contributed by atoms with E-state index in [1.165, 1.54) is 23.0 Å². The molecule has 0 radical (unpaired) electrons. The number of ether oxygens (including phenoxy) is 1. The summed E-state index contributed by atoms with van der Waals surface area (Å²) in [6.45, 7) is 2.00. The Labute approximate surface area is 255 Å². The molecule has 0 unspecified atom stereocenters. The van der Waals surface area contributed by atoms with E-state index in [2.05, 4.69) is 0 Å². The molecule has 44 heavy (non-hydrogen) atoms. The highest BCUT2D eigenvalue weighted by Crippen LogP contribution is 2.64. The first kappa shape index (κ1) is 29.6. The number of methoxy groups -OCH3 is 1. The van der Waals surface area contributed by atoms with Crippen LogP contribution in [0.3, 0.4) is 0 Å². The van der Waals surface area contributed by atoms with Crippen LogP contribution >= 0.6 is 0 Å². The number of amides is 4. The Morgan fingerprint density at radius 3 is 2.41 bits per heavy atom. The fourth-order valence-corrected chi connectivity index (χ4v) is 8.09. The van der Waals surface area contributed by atoms with Gasteiger partial charge in [-0.1, -0.05) is 42.3 Å². The van der Waals surface area contributed by atoms with Crippen LogP contribution in [-0.2, 0) is 24.0 Å². The standard InChI is InChI=1S/C34H36N2O8/c1-34-25(31(41)36(33(34)43)19-9-5-3-6-10-19)18-24-21(29(34)22-13-12-20(44-2)17-26(22)37)14-15-23-28(24)32(42)35(30(23)40)16-8-4-7-11-27(38)39/h3,5-6,9-10,12-14,17,23-25,28-29,37H,4,7-8,11,15-16,18H2,1-2H3,(H,38,39)/t23-,24+,25-,28-,29+,34+/m0/s1. The summed E-state index contributed by atoms with van der Waals surface area (Å²) < 4.78 is 5.30. The second-order valence-corrected chi connectivity index (χ2v) is 12.5. The van der Waals surface area contributed by atoms with Gasteiger partial charge in [0.15, 0.2) is 0 Å². The number of aliphatic carboxylic acids is 1. The van der Waals surface area contributed by atoms with Gasteiger partial charge in [-0.05, 0) is 56.7 Å². The summed E-state index contributed by atoms with van der Waals surface area (Å²) in [5.74, 6) is -4.97. The molecule has 2 aliphatic carbocycles. The van der Waals surface area contributed by atoms with Crippen molar-refractivity contribution >= 4 is 35.3 Å². The molecule has 4 aliphatic rings. The fourth-order valence-electron chi connectivity index (χ4n) is 8.09. The van der Waals surface area contributed by atoms with Crippen LogP contribution in [0.4, 0.5) is 5.69 Å². The number of carbonyl (C=O) groups excluding carboxylic acids is 4. The fraction of sp³-hybridized carbons (Fsp3) is 0.441. The number of carbonyl (C=O) groups is 5. The number of fused-ring (bicyclic) bond motifs is 4. The molecule has 1 saturated carbocycles. The van der Waals surface area contributed by atoms with Gasteiger partial charge in [0.2, 0.25) is 23.6 Å². The summed E-state index contributed by atoms with van der Waals surface area (Å²) in [6, 6.07) is 13.7. The maximum Gasteiger partial charge on any atom is 0.303 e. The largest absolute Gasteiger partial charge is 0.508 e. The van der Waals surface area contributed by atoms with E-state index in [1.807, 2.05) is 12.1 Å². The number of phenols is 1. The average Bonchev–Trinajstić information content (AvgIpc) is 3.37. The molecular weight excluding hydrogens is 564 g/mol. The van der Waals surface area contributed by atoms with Crippen LogP contribution < -0.4 is 9.64 Å². The lowest BCUT2D eigenvalue weighted by Crippen LogP contribution is -2.48. The number of phenolic OH excluding ortho intramolecular Hbond substituents is 1. The first-order valence-corrected chi connectivity index (χ1v) is 15.2. The highest BCUT2D eigenvalue weighted by atomic mass is 16.5. The molecule has 2 N–H and O–H groups in total. The van der Waals surface area contributed by atoms with E-state index in [1.54, 1.807) is 43.3 Å². The van der Waals surface area contributed by atoms with Gasteiger partial charge in [-0.2, -0.15) is 0 Å². The number of allylic oxidation sites excluding steroid dienone is 2. The van der Waals surface area contributed by atoms with Gasteiger partial charge in [0.25, 0.3) is 0 Å². The van der Waals surface area contributed by atoms with Crippen LogP contribution in [0.1, 0.15) is 56.9 Å². The number of carboxylic acids is 1. The highest BCUT2D eigenvalue weighted by molar-refractivity contribution is 6.24. The van der Waals surface area contributed by atoms with Crippen molar-refractivity contribution in [3.05, 3.63) is 65.7 Å². The van der Waals surface area contributed by atoms with Gasteiger partial charge < -0.3 is 14.9 Å². The maximum absolute atomic E-state index is 14.4. The molecule has 3 fully saturated rings. The van der Waals surface area contributed by atoms with Crippen molar-refractivity contribution in [2.75, 3.05) is 18.6 Å². The Hall–Kier alpha value is -4.47. The molecule has 0 aromatic heterocycles. The third-order valence-electron chi connectivity index (χ3n) is 10.2. The topological polar surface area (TPSA) is 142 Å². The minimum Gasteiger partial charge on any atom is -0.508 e. The van der Waals surface area contributed by atoms with E-state index in [-0.39, 0.29) is 48.8 Å². The Bertz CT molecular complexity index is 1570. The number of unbranched alkanes of at least 4 members (excludes halogenated alkanes) is 2. The number of hydrogen-bond donors (Lipinski definition) is 2. The number of para-hydroxylation sites is 1. The second kappa shape index (κ2) is 11.2. The molecule has 6 atom stereocenters. The predicted molar refractivity (Wildman–Crippen MR) is 159 cm³/mol. The van der Waals surface area contributed by atoms with Crippen molar-refractivity contribution in [1.82, 2.24) is 4.90 Å². The molecule has 4 amide bonds. The lowest BCUT2D eigenvalue weighted by atomic mass is 9.51. The van der Waals surface area contributed by atoms with Crippen LogP contribution in [0.15, 0.2) is 60.2 Å². The minimum atomic E-state index is -1.25. The summed E-state index contributed by atoms with van der Waals surface area (Å²) in [6.07, 6.45) is 4.09.